The highest BCUT2D eigenvalue weighted by Gasteiger charge is 2.30. The summed E-state index contributed by atoms with van der Waals surface area (Å²) < 4.78 is 50.7. The lowest BCUT2D eigenvalue weighted by Crippen LogP contribution is -2.23. The first-order chi connectivity index (χ1) is 16.8. The lowest BCUT2D eigenvalue weighted by molar-refractivity contribution is -0.137. The topological polar surface area (TPSA) is 99.2 Å². The van der Waals surface area contributed by atoms with Crippen molar-refractivity contribution in [2.75, 3.05) is 11.4 Å². The number of halogens is 3. The number of rotatable bonds is 6. The summed E-state index contributed by atoms with van der Waals surface area (Å²) in [6, 6.07) is 9.38. The summed E-state index contributed by atoms with van der Waals surface area (Å²) in [4.78, 5) is 21.9. The molecule has 5 rings (SSSR count). The molecular formula is C23H19F3N6O3. The quantitative estimate of drug-likeness (QED) is 0.403. The van der Waals surface area contributed by atoms with Gasteiger partial charge in [0.15, 0.2) is 0 Å². The summed E-state index contributed by atoms with van der Waals surface area (Å²) in [6.07, 6.45) is -0.807. The number of carbonyl (C=O) groups is 1. The summed E-state index contributed by atoms with van der Waals surface area (Å²) in [7, 11) is 1.69. The predicted molar refractivity (Wildman–Crippen MR) is 117 cm³/mol. The Kier molecular flexibility index (Phi) is 5.71. The second-order valence-electron chi connectivity index (χ2n) is 7.92. The van der Waals surface area contributed by atoms with Crippen LogP contribution in [-0.2, 0) is 24.6 Å². The van der Waals surface area contributed by atoms with Crippen LogP contribution in [0.2, 0.25) is 0 Å². The van der Waals surface area contributed by atoms with Gasteiger partial charge in [-0.1, -0.05) is 5.16 Å². The normalized spacial score (nSPS) is 14.1. The van der Waals surface area contributed by atoms with Gasteiger partial charge in [0.05, 0.1) is 23.0 Å². The van der Waals surface area contributed by atoms with Gasteiger partial charge in [-0.05, 0) is 36.8 Å². The van der Waals surface area contributed by atoms with E-state index in [1.807, 2.05) is 24.3 Å². The number of pyridine rings is 1. The number of hydrogen-bond acceptors (Lipinski definition) is 7. The van der Waals surface area contributed by atoms with Crippen LogP contribution in [0.25, 0.3) is 22.8 Å². The molecule has 0 unspecified atom stereocenters. The predicted octanol–water partition coefficient (Wildman–Crippen LogP) is 4.26. The number of amides is 1. The van der Waals surface area contributed by atoms with Gasteiger partial charge in [0.25, 0.3) is 5.89 Å². The Morgan fingerprint density at radius 1 is 1.11 bits per heavy atom. The van der Waals surface area contributed by atoms with Crippen LogP contribution < -0.4 is 9.64 Å². The number of aryl methyl sites for hydroxylation is 1. The van der Waals surface area contributed by atoms with E-state index in [2.05, 4.69) is 20.2 Å². The minimum Gasteiger partial charge on any atom is -0.471 e. The third-order valence-corrected chi connectivity index (χ3v) is 5.65. The molecule has 1 aliphatic heterocycles. The van der Waals surface area contributed by atoms with Crippen molar-refractivity contribution < 1.29 is 27.2 Å². The molecule has 4 aromatic rings. The van der Waals surface area contributed by atoms with Gasteiger partial charge in [-0.15, -0.1) is 0 Å². The number of anilines is 1. The van der Waals surface area contributed by atoms with Crippen molar-refractivity contribution in [3.63, 3.8) is 0 Å². The van der Waals surface area contributed by atoms with E-state index in [0.29, 0.717) is 41.8 Å². The Balaban J connectivity index is 1.31. The summed E-state index contributed by atoms with van der Waals surface area (Å²) in [5.74, 6) is 0.718. The number of nitrogens with zero attached hydrogens (tertiary/aromatic N) is 6. The monoisotopic (exact) mass is 484 g/mol. The van der Waals surface area contributed by atoms with E-state index >= 15 is 0 Å². The molecule has 0 N–H and O–H groups in total. The Labute approximate surface area is 197 Å². The molecule has 35 heavy (non-hydrogen) atoms. The molecule has 0 bridgehead atoms. The number of alkyl halides is 3. The molecule has 0 aliphatic carbocycles. The Morgan fingerprint density at radius 3 is 2.57 bits per heavy atom. The molecule has 9 nitrogen and oxygen atoms in total. The van der Waals surface area contributed by atoms with Crippen LogP contribution in [0.3, 0.4) is 0 Å². The molecule has 12 heteroatoms. The standard InChI is InChI=1S/C23H19F3N6O3/c1-31-18(13-34-19-9-6-15(11-27-19)23(24,25)26)17(12-28-31)22-29-21(30-35-22)14-4-7-16(8-5-14)32-10-2-3-20(32)33/h4-9,11-12H,2-3,10,13H2,1H3. The van der Waals surface area contributed by atoms with Gasteiger partial charge in [0.2, 0.25) is 17.6 Å². The second-order valence-corrected chi connectivity index (χ2v) is 7.92. The number of carbonyl (C=O) groups excluding carboxylic acids is 1. The van der Waals surface area contributed by atoms with Gasteiger partial charge >= 0.3 is 6.18 Å². The summed E-state index contributed by atoms with van der Waals surface area (Å²) in [5.41, 5.74) is 1.78. The molecule has 3 aromatic heterocycles. The van der Waals surface area contributed by atoms with Crippen molar-refractivity contribution in [2.24, 2.45) is 7.05 Å². The van der Waals surface area contributed by atoms with E-state index in [0.717, 1.165) is 24.2 Å². The minimum absolute atomic E-state index is 0.0273. The zero-order valence-electron chi connectivity index (χ0n) is 18.5. The largest absolute Gasteiger partial charge is 0.471 e. The SMILES string of the molecule is Cn1ncc(-c2nc(-c3ccc(N4CCCC4=O)cc3)no2)c1COc1ccc(C(F)(F)F)cn1. The third kappa shape index (κ3) is 4.59. The molecule has 4 heterocycles. The van der Waals surface area contributed by atoms with Crippen LogP contribution in [0, 0.1) is 0 Å². The van der Waals surface area contributed by atoms with Crippen molar-refractivity contribution in [2.45, 2.75) is 25.6 Å². The van der Waals surface area contributed by atoms with E-state index in [-0.39, 0.29) is 24.3 Å². The molecule has 180 valence electrons. The third-order valence-electron chi connectivity index (χ3n) is 5.65. The summed E-state index contributed by atoms with van der Waals surface area (Å²) >= 11 is 0. The van der Waals surface area contributed by atoms with Gasteiger partial charge in [0, 0.05) is 43.5 Å². The Hall–Kier alpha value is -4.22. The zero-order valence-corrected chi connectivity index (χ0v) is 18.5. The Bertz CT molecular complexity index is 1350. The molecule has 0 radical (unpaired) electrons. The number of aromatic nitrogens is 5. The first kappa shape index (κ1) is 22.6. The van der Waals surface area contributed by atoms with Gasteiger partial charge in [0.1, 0.15) is 6.61 Å². The minimum atomic E-state index is -4.47. The molecule has 0 saturated carbocycles. The van der Waals surface area contributed by atoms with Crippen molar-refractivity contribution in [1.29, 1.82) is 0 Å². The van der Waals surface area contributed by atoms with Gasteiger partial charge in [-0.25, -0.2) is 4.98 Å². The molecular weight excluding hydrogens is 465 g/mol. The zero-order chi connectivity index (χ0) is 24.6. The van der Waals surface area contributed by atoms with Gasteiger partial charge in [-0.2, -0.15) is 23.3 Å². The molecule has 1 saturated heterocycles. The maximum Gasteiger partial charge on any atom is 0.417 e. The van der Waals surface area contributed by atoms with Crippen LogP contribution in [0.4, 0.5) is 18.9 Å². The second kappa shape index (κ2) is 8.85. The molecule has 1 aliphatic rings. The fourth-order valence-electron chi connectivity index (χ4n) is 3.75. The van der Waals surface area contributed by atoms with Gasteiger partial charge < -0.3 is 14.2 Å². The fourth-order valence-corrected chi connectivity index (χ4v) is 3.75. The number of hydrogen-bond donors (Lipinski definition) is 0. The molecule has 0 atom stereocenters. The summed E-state index contributed by atoms with van der Waals surface area (Å²) in [5, 5.41) is 8.24. The van der Waals surface area contributed by atoms with Crippen molar-refractivity contribution >= 4 is 11.6 Å². The van der Waals surface area contributed by atoms with Crippen LogP contribution in [0.5, 0.6) is 5.88 Å². The van der Waals surface area contributed by atoms with E-state index in [1.54, 1.807) is 16.6 Å². The van der Waals surface area contributed by atoms with E-state index in [1.165, 1.54) is 6.20 Å². The first-order valence-electron chi connectivity index (χ1n) is 10.7. The molecule has 1 amide bonds. The summed E-state index contributed by atoms with van der Waals surface area (Å²) in [6.45, 7) is 0.679. The van der Waals surface area contributed by atoms with Crippen LogP contribution in [0.15, 0.2) is 53.3 Å². The van der Waals surface area contributed by atoms with Crippen LogP contribution in [0.1, 0.15) is 24.1 Å². The first-order valence-corrected chi connectivity index (χ1v) is 10.7. The van der Waals surface area contributed by atoms with Crippen molar-refractivity contribution in [3.8, 4) is 28.7 Å². The highest BCUT2D eigenvalue weighted by Crippen LogP contribution is 2.30. The fraction of sp³-hybridized carbons (Fsp3) is 0.261. The lowest BCUT2D eigenvalue weighted by Gasteiger charge is -2.15. The van der Waals surface area contributed by atoms with Crippen LogP contribution in [-0.4, -0.2) is 37.4 Å². The maximum atomic E-state index is 12.7. The smallest absolute Gasteiger partial charge is 0.417 e. The number of ether oxygens (including phenoxy) is 1. The highest BCUT2D eigenvalue weighted by atomic mass is 19.4. The molecule has 1 aromatic carbocycles. The van der Waals surface area contributed by atoms with Gasteiger partial charge in [-0.3, -0.25) is 9.48 Å². The van der Waals surface area contributed by atoms with E-state index < -0.39 is 11.7 Å². The average Bonchev–Trinajstić information content (AvgIpc) is 3.58. The van der Waals surface area contributed by atoms with Crippen LogP contribution >= 0.6 is 0 Å². The van der Waals surface area contributed by atoms with Crippen molar-refractivity contribution in [3.05, 3.63) is 60.0 Å². The number of benzene rings is 1. The maximum absolute atomic E-state index is 12.7. The van der Waals surface area contributed by atoms with E-state index in [4.69, 9.17) is 9.26 Å². The Morgan fingerprint density at radius 2 is 1.91 bits per heavy atom. The van der Waals surface area contributed by atoms with E-state index in [9.17, 15) is 18.0 Å². The molecule has 1 fully saturated rings. The highest BCUT2D eigenvalue weighted by molar-refractivity contribution is 5.95. The lowest BCUT2D eigenvalue weighted by atomic mass is 10.2. The average molecular weight is 484 g/mol. The van der Waals surface area contributed by atoms with Crippen molar-refractivity contribution in [1.82, 2.24) is 24.9 Å². The molecule has 0 spiro atoms.